The Morgan fingerprint density at radius 2 is 2.24 bits per heavy atom. The maximum Gasteiger partial charge on any atom is 0.341 e. The molecule has 114 valence electrons. The molecule has 0 amide bonds. The number of carbonyl (C=O) groups is 2. The Morgan fingerprint density at radius 1 is 1.43 bits per heavy atom. The maximum atomic E-state index is 12.1. The van der Waals surface area contributed by atoms with Gasteiger partial charge in [-0.3, -0.25) is 0 Å². The van der Waals surface area contributed by atoms with Gasteiger partial charge in [0.05, 0.1) is 13.7 Å². The van der Waals surface area contributed by atoms with Crippen LogP contribution in [0.15, 0.2) is 18.3 Å². The van der Waals surface area contributed by atoms with E-state index in [1.807, 2.05) is 4.90 Å². The van der Waals surface area contributed by atoms with Gasteiger partial charge in [-0.2, -0.15) is 0 Å². The molecule has 21 heavy (non-hydrogen) atoms. The van der Waals surface area contributed by atoms with E-state index in [2.05, 4.69) is 4.98 Å². The molecule has 1 fully saturated rings. The molecule has 2 rings (SSSR count). The molecule has 1 aromatic rings. The van der Waals surface area contributed by atoms with Gasteiger partial charge in [0.1, 0.15) is 17.4 Å². The second kappa shape index (κ2) is 7.06. The lowest BCUT2D eigenvalue weighted by Crippen LogP contribution is -2.46. The summed E-state index contributed by atoms with van der Waals surface area (Å²) < 4.78 is 9.92. The number of methoxy groups -OCH3 is 1. The predicted octanol–water partition coefficient (Wildman–Crippen LogP) is 1.79. The van der Waals surface area contributed by atoms with Gasteiger partial charge in [-0.25, -0.2) is 14.6 Å². The Kier molecular flexibility index (Phi) is 5.14. The molecule has 0 radical (unpaired) electrons. The second-order valence-electron chi connectivity index (χ2n) is 4.82. The van der Waals surface area contributed by atoms with Crippen molar-refractivity contribution in [2.24, 2.45) is 0 Å². The molecule has 0 spiro atoms. The van der Waals surface area contributed by atoms with E-state index in [9.17, 15) is 9.59 Å². The molecule has 1 aromatic heterocycles. The van der Waals surface area contributed by atoms with E-state index >= 15 is 0 Å². The van der Waals surface area contributed by atoms with Crippen molar-refractivity contribution < 1.29 is 19.1 Å². The number of anilines is 1. The fourth-order valence-corrected chi connectivity index (χ4v) is 2.56. The summed E-state index contributed by atoms with van der Waals surface area (Å²) in [6.45, 7) is 2.80. The summed E-state index contributed by atoms with van der Waals surface area (Å²) in [6, 6.07) is 2.95. The highest BCUT2D eigenvalue weighted by Crippen LogP contribution is 2.27. The molecule has 6 nitrogen and oxygen atoms in total. The third-order valence-electron chi connectivity index (χ3n) is 3.53. The molecule has 0 saturated carbocycles. The van der Waals surface area contributed by atoms with Gasteiger partial charge >= 0.3 is 11.9 Å². The topological polar surface area (TPSA) is 68.7 Å². The summed E-state index contributed by atoms with van der Waals surface area (Å²) in [7, 11) is 1.33. The van der Waals surface area contributed by atoms with Crippen LogP contribution in [0.3, 0.4) is 0 Å². The summed E-state index contributed by atoms with van der Waals surface area (Å²) in [4.78, 5) is 30.1. The molecule has 1 saturated heterocycles. The number of piperidine rings is 1. The van der Waals surface area contributed by atoms with Crippen molar-refractivity contribution in [1.29, 1.82) is 0 Å². The number of hydrogen-bond donors (Lipinski definition) is 0. The van der Waals surface area contributed by atoms with Crippen LogP contribution < -0.4 is 4.90 Å². The van der Waals surface area contributed by atoms with Gasteiger partial charge in [-0.1, -0.05) is 0 Å². The highest BCUT2D eigenvalue weighted by molar-refractivity contribution is 5.95. The van der Waals surface area contributed by atoms with Crippen LogP contribution >= 0.6 is 0 Å². The van der Waals surface area contributed by atoms with Crippen molar-refractivity contribution in [2.75, 3.05) is 25.2 Å². The van der Waals surface area contributed by atoms with Crippen LogP contribution in [-0.4, -0.2) is 43.2 Å². The molecule has 6 heteroatoms. The third kappa shape index (κ3) is 3.32. The van der Waals surface area contributed by atoms with Gasteiger partial charge in [0.2, 0.25) is 0 Å². The Hall–Kier alpha value is -2.11. The summed E-state index contributed by atoms with van der Waals surface area (Å²) in [5, 5.41) is 0. The van der Waals surface area contributed by atoms with Gasteiger partial charge in [0.15, 0.2) is 0 Å². The molecule has 1 atom stereocenters. The number of hydrogen-bond acceptors (Lipinski definition) is 6. The summed E-state index contributed by atoms with van der Waals surface area (Å²) in [5.74, 6) is -0.230. The van der Waals surface area contributed by atoms with E-state index < -0.39 is 12.0 Å². The monoisotopic (exact) mass is 292 g/mol. The van der Waals surface area contributed by atoms with E-state index in [0.717, 1.165) is 12.8 Å². The summed E-state index contributed by atoms with van der Waals surface area (Å²) in [6.07, 6.45) is 4.22. The Bertz CT molecular complexity index is 518. The first-order chi connectivity index (χ1) is 10.2. The summed E-state index contributed by atoms with van der Waals surface area (Å²) >= 11 is 0. The largest absolute Gasteiger partial charge is 0.465 e. The van der Waals surface area contributed by atoms with Crippen LogP contribution in [0.5, 0.6) is 0 Å². The number of esters is 2. The number of carbonyl (C=O) groups excluding carboxylic acids is 2. The lowest BCUT2D eigenvalue weighted by molar-refractivity contribution is -0.145. The minimum Gasteiger partial charge on any atom is -0.465 e. The lowest BCUT2D eigenvalue weighted by atomic mass is 10.0. The van der Waals surface area contributed by atoms with Crippen molar-refractivity contribution >= 4 is 17.8 Å². The zero-order chi connectivity index (χ0) is 15.2. The molecule has 1 unspecified atom stereocenters. The molecule has 0 bridgehead atoms. The molecular weight excluding hydrogens is 272 g/mol. The zero-order valence-electron chi connectivity index (χ0n) is 12.4. The first-order valence-corrected chi connectivity index (χ1v) is 7.15. The van der Waals surface area contributed by atoms with Crippen molar-refractivity contribution in [3.05, 3.63) is 23.9 Å². The molecule has 0 aromatic carbocycles. The van der Waals surface area contributed by atoms with Crippen molar-refractivity contribution in [2.45, 2.75) is 32.2 Å². The van der Waals surface area contributed by atoms with Crippen molar-refractivity contribution in [3.8, 4) is 0 Å². The lowest BCUT2D eigenvalue weighted by Gasteiger charge is -2.35. The van der Waals surface area contributed by atoms with E-state index in [4.69, 9.17) is 9.47 Å². The maximum absolute atomic E-state index is 12.1. The third-order valence-corrected chi connectivity index (χ3v) is 3.53. The Labute approximate surface area is 124 Å². The number of pyridine rings is 1. The van der Waals surface area contributed by atoms with Gasteiger partial charge in [0, 0.05) is 12.7 Å². The normalized spacial score (nSPS) is 18.2. The first kappa shape index (κ1) is 15.3. The molecule has 1 aliphatic rings. The molecule has 0 aliphatic carbocycles. The van der Waals surface area contributed by atoms with Crippen molar-refractivity contribution in [3.63, 3.8) is 0 Å². The fraction of sp³-hybridized carbons (Fsp3) is 0.533. The average molecular weight is 292 g/mol. The Balaban J connectivity index is 2.33. The van der Waals surface area contributed by atoms with Crippen LogP contribution in [-0.2, 0) is 14.3 Å². The van der Waals surface area contributed by atoms with Crippen LogP contribution in [0, 0.1) is 0 Å². The van der Waals surface area contributed by atoms with E-state index in [1.54, 1.807) is 25.3 Å². The number of rotatable bonds is 4. The standard InChI is InChI=1S/C15H20N2O4/c1-3-21-15(19)12-8-4-5-10-17(12)13-11(14(18)20-2)7-6-9-16-13/h6-7,9,12H,3-5,8,10H2,1-2H3. The predicted molar refractivity (Wildman–Crippen MR) is 77.2 cm³/mol. The average Bonchev–Trinajstić information content (AvgIpc) is 2.54. The van der Waals surface area contributed by atoms with Crippen LogP contribution in [0.2, 0.25) is 0 Å². The highest BCUT2D eigenvalue weighted by Gasteiger charge is 2.33. The minimum atomic E-state index is -0.453. The molecule has 0 N–H and O–H groups in total. The van der Waals surface area contributed by atoms with Crippen LogP contribution in [0.4, 0.5) is 5.82 Å². The number of nitrogens with zero attached hydrogens (tertiary/aromatic N) is 2. The highest BCUT2D eigenvalue weighted by atomic mass is 16.5. The molecular formula is C15H20N2O4. The zero-order valence-corrected chi connectivity index (χ0v) is 12.4. The van der Waals surface area contributed by atoms with Crippen LogP contribution in [0.25, 0.3) is 0 Å². The van der Waals surface area contributed by atoms with E-state index in [1.165, 1.54) is 7.11 Å². The number of ether oxygens (including phenoxy) is 2. The van der Waals surface area contributed by atoms with Gasteiger partial charge in [0.25, 0.3) is 0 Å². The smallest absolute Gasteiger partial charge is 0.341 e. The quantitative estimate of drug-likeness (QED) is 0.788. The van der Waals surface area contributed by atoms with Gasteiger partial charge in [-0.05, 0) is 38.3 Å². The number of aromatic nitrogens is 1. The SMILES string of the molecule is CCOC(=O)C1CCCCN1c1ncccc1C(=O)OC. The van der Waals surface area contributed by atoms with Crippen molar-refractivity contribution in [1.82, 2.24) is 4.98 Å². The van der Waals surface area contributed by atoms with Crippen LogP contribution in [0.1, 0.15) is 36.5 Å². The molecule has 1 aliphatic heterocycles. The van der Waals surface area contributed by atoms with Gasteiger partial charge < -0.3 is 14.4 Å². The summed E-state index contributed by atoms with van der Waals surface area (Å²) in [5.41, 5.74) is 0.371. The van der Waals surface area contributed by atoms with E-state index in [-0.39, 0.29) is 5.97 Å². The first-order valence-electron chi connectivity index (χ1n) is 7.15. The molecule has 2 heterocycles. The minimum absolute atomic E-state index is 0.265. The Morgan fingerprint density at radius 3 is 2.95 bits per heavy atom. The fourth-order valence-electron chi connectivity index (χ4n) is 2.56. The van der Waals surface area contributed by atoms with E-state index in [0.29, 0.717) is 31.0 Å². The van der Waals surface area contributed by atoms with Gasteiger partial charge in [-0.15, -0.1) is 0 Å². The second-order valence-corrected chi connectivity index (χ2v) is 4.82.